The van der Waals surface area contributed by atoms with Crippen molar-refractivity contribution in [2.45, 2.75) is 18.4 Å². The Morgan fingerprint density at radius 2 is 1.91 bits per heavy atom. The van der Waals surface area contributed by atoms with Crippen LogP contribution in [0.15, 0.2) is 32.3 Å². The van der Waals surface area contributed by atoms with Gasteiger partial charge >= 0.3 is 11.8 Å². The van der Waals surface area contributed by atoms with Crippen LogP contribution in [0, 0.1) is 0 Å². The van der Waals surface area contributed by atoms with Gasteiger partial charge in [-0.1, -0.05) is 0 Å². The van der Waals surface area contributed by atoms with Crippen molar-refractivity contribution in [3.63, 3.8) is 0 Å². The van der Waals surface area contributed by atoms with E-state index in [1.165, 1.54) is 34.5 Å². The molecule has 0 aliphatic carbocycles. The van der Waals surface area contributed by atoms with Crippen molar-refractivity contribution in [3.8, 4) is 0 Å². The number of nitrogens with one attached hydrogen (secondary N) is 1. The van der Waals surface area contributed by atoms with Crippen LogP contribution in [-0.2, 0) is 30.8 Å². The van der Waals surface area contributed by atoms with Gasteiger partial charge in [0.15, 0.2) is 5.58 Å². The van der Waals surface area contributed by atoms with E-state index in [1.807, 2.05) is 0 Å². The molecular formula is C19H26N4O8S. The Kier molecular flexibility index (Phi) is 7.53. The first-order chi connectivity index (χ1) is 15.3. The summed E-state index contributed by atoms with van der Waals surface area (Å²) in [6.07, 6.45) is -0.472. The first-order valence-corrected chi connectivity index (χ1v) is 11.5. The van der Waals surface area contributed by atoms with E-state index in [1.54, 1.807) is 6.92 Å². The van der Waals surface area contributed by atoms with Crippen LogP contribution in [0.3, 0.4) is 0 Å². The highest BCUT2D eigenvalue weighted by molar-refractivity contribution is 7.89. The molecule has 1 aliphatic heterocycles. The molecular weight excluding hydrogens is 444 g/mol. The van der Waals surface area contributed by atoms with Gasteiger partial charge in [0.25, 0.3) is 0 Å². The molecule has 2 aromatic rings. The molecule has 1 aromatic heterocycles. The molecule has 0 atom stereocenters. The second-order valence-electron chi connectivity index (χ2n) is 7.02. The number of benzene rings is 1. The Morgan fingerprint density at radius 3 is 2.56 bits per heavy atom. The topological polar surface area (TPSA) is 140 Å². The summed E-state index contributed by atoms with van der Waals surface area (Å²) in [6, 6.07) is 4.07. The van der Waals surface area contributed by atoms with Crippen LogP contribution in [0.1, 0.15) is 6.92 Å². The summed E-state index contributed by atoms with van der Waals surface area (Å²) in [5.41, 5.74) is 0.369. The average molecular weight is 471 g/mol. The Balaban J connectivity index is 1.75. The van der Waals surface area contributed by atoms with Crippen molar-refractivity contribution in [3.05, 3.63) is 28.7 Å². The van der Waals surface area contributed by atoms with E-state index >= 15 is 0 Å². The number of nitrogens with zero attached hydrogens (tertiary/aromatic N) is 3. The minimum Gasteiger partial charge on any atom is -0.450 e. The third kappa shape index (κ3) is 5.11. The highest BCUT2D eigenvalue weighted by Crippen LogP contribution is 2.23. The predicted octanol–water partition coefficient (Wildman–Crippen LogP) is -0.180. The second-order valence-corrected chi connectivity index (χ2v) is 8.95. The maximum atomic E-state index is 13.0. The average Bonchev–Trinajstić information content (AvgIpc) is 3.08. The number of hydrogen-bond donors (Lipinski definition) is 1. The number of piperazine rings is 1. The van der Waals surface area contributed by atoms with E-state index in [-0.39, 0.29) is 49.8 Å². The first kappa shape index (κ1) is 23.8. The minimum atomic E-state index is -3.87. The van der Waals surface area contributed by atoms with Crippen LogP contribution < -0.4 is 11.1 Å². The van der Waals surface area contributed by atoms with Gasteiger partial charge in [-0.15, -0.1) is 0 Å². The number of carbonyl (C=O) groups excluding carboxylic acids is 2. The Hall–Kier alpha value is -2.90. The smallest absolute Gasteiger partial charge is 0.420 e. The molecule has 13 heteroatoms. The quantitative estimate of drug-likeness (QED) is 0.524. The van der Waals surface area contributed by atoms with Gasteiger partial charge < -0.3 is 24.1 Å². The number of ether oxygens (including phenoxy) is 2. The van der Waals surface area contributed by atoms with Gasteiger partial charge in [0.05, 0.1) is 23.6 Å². The van der Waals surface area contributed by atoms with Crippen LogP contribution in [0.4, 0.5) is 4.79 Å². The summed E-state index contributed by atoms with van der Waals surface area (Å²) in [7, 11) is -2.36. The number of fused-ring (bicyclic) bond motifs is 1. The van der Waals surface area contributed by atoms with E-state index in [9.17, 15) is 22.8 Å². The lowest BCUT2D eigenvalue weighted by Crippen LogP contribution is -2.50. The lowest BCUT2D eigenvalue weighted by molar-refractivity contribution is -0.121. The highest BCUT2D eigenvalue weighted by atomic mass is 32.2. The number of methoxy groups -OCH3 is 1. The maximum Gasteiger partial charge on any atom is 0.420 e. The van der Waals surface area contributed by atoms with E-state index in [0.717, 1.165) is 4.57 Å². The zero-order valence-electron chi connectivity index (χ0n) is 17.9. The molecule has 1 fully saturated rings. The predicted molar refractivity (Wildman–Crippen MR) is 113 cm³/mol. The third-order valence-corrected chi connectivity index (χ3v) is 6.87. The third-order valence-electron chi connectivity index (χ3n) is 4.97. The molecule has 1 N–H and O–H groups in total. The number of aromatic nitrogens is 1. The highest BCUT2D eigenvalue weighted by Gasteiger charge is 2.31. The van der Waals surface area contributed by atoms with Crippen LogP contribution in [-0.4, -0.2) is 87.2 Å². The molecule has 0 radical (unpaired) electrons. The van der Waals surface area contributed by atoms with E-state index < -0.39 is 27.8 Å². The first-order valence-electron chi connectivity index (χ1n) is 10.1. The molecule has 2 amide bonds. The van der Waals surface area contributed by atoms with Crippen molar-refractivity contribution < 1.29 is 31.9 Å². The monoisotopic (exact) mass is 470 g/mol. The molecule has 32 heavy (non-hydrogen) atoms. The van der Waals surface area contributed by atoms with Crippen molar-refractivity contribution in [1.82, 2.24) is 19.1 Å². The summed E-state index contributed by atoms with van der Waals surface area (Å²) in [4.78, 5) is 37.4. The van der Waals surface area contributed by atoms with Gasteiger partial charge in [-0.2, -0.15) is 4.31 Å². The van der Waals surface area contributed by atoms with E-state index in [2.05, 4.69) is 5.32 Å². The molecule has 176 valence electrons. The molecule has 0 saturated carbocycles. The molecule has 1 aromatic carbocycles. The number of sulfonamides is 1. The molecule has 0 unspecified atom stereocenters. The van der Waals surface area contributed by atoms with Crippen molar-refractivity contribution in [2.75, 3.05) is 53.0 Å². The fraction of sp³-hybridized carbons (Fsp3) is 0.526. The summed E-state index contributed by atoms with van der Waals surface area (Å²) in [6.45, 7) is 2.97. The van der Waals surface area contributed by atoms with Gasteiger partial charge in [-0.25, -0.2) is 18.0 Å². The molecule has 3 rings (SSSR count). The summed E-state index contributed by atoms with van der Waals surface area (Å²) >= 11 is 0. The lowest BCUT2D eigenvalue weighted by Gasteiger charge is -2.33. The van der Waals surface area contributed by atoms with Gasteiger partial charge in [0, 0.05) is 45.9 Å². The second kappa shape index (κ2) is 10.1. The molecule has 12 nitrogen and oxygen atoms in total. The zero-order chi connectivity index (χ0) is 23.3. The van der Waals surface area contributed by atoms with Crippen LogP contribution in [0.5, 0.6) is 0 Å². The van der Waals surface area contributed by atoms with Crippen LogP contribution >= 0.6 is 0 Å². The summed E-state index contributed by atoms with van der Waals surface area (Å²) in [5.74, 6) is -1.16. The minimum absolute atomic E-state index is 0.0416. The number of hydrogen-bond acceptors (Lipinski definition) is 8. The van der Waals surface area contributed by atoms with Crippen molar-refractivity contribution >= 4 is 33.1 Å². The van der Waals surface area contributed by atoms with Gasteiger partial charge in [-0.05, 0) is 19.1 Å². The lowest BCUT2D eigenvalue weighted by atomic mass is 10.3. The molecule has 1 saturated heterocycles. The molecule has 2 heterocycles. The van der Waals surface area contributed by atoms with Crippen LogP contribution in [0.2, 0.25) is 0 Å². The van der Waals surface area contributed by atoms with Gasteiger partial charge in [-0.3, -0.25) is 9.36 Å². The van der Waals surface area contributed by atoms with E-state index in [0.29, 0.717) is 18.7 Å². The Bertz CT molecular complexity index is 1130. The zero-order valence-corrected chi connectivity index (χ0v) is 18.7. The number of oxazole rings is 1. The molecule has 0 spiro atoms. The van der Waals surface area contributed by atoms with Crippen molar-refractivity contribution in [1.29, 1.82) is 0 Å². The number of carbonyl (C=O) groups is 2. The van der Waals surface area contributed by atoms with E-state index in [4.69, 9.17) is 13.9 Å². The van der Waals surface area contributed by atoms with Gasteiger partial charge in [0.1, 0.15) is 6.54 Å². The Labute approximate surface area is 184 Å². The number of rotatable bonds is 8. The van der Waals surface area contributed by atoms with Crippen LogP contribution in [0.25, 0.3) is 11.1 Å². The largest absolute Gasteiger partial charge is 0.450 e. The number of amides is 2. The molecule has 0 bridgehead atoms. The van der Waals surface area contributed by atoms with Crippen molar-refractivity contribution in [2.24, 2.45) is 0 Å². The molecule has 1 aliphatic rings. The fourth-order valence-corrected chi connectivity index (χ4v) is 4.76. The maximum absolute atomic E-state index is 13.0. The standard InChI is InChI=1S/C19H26N4O8S/c1-3-30-18(25)21-7-9-22(10-8-21)32(27,28)14-4-5-15-16(12-14)31-19(26)23(15)13-17(24)20-6-11-29-2/h4-5,12H,3,6-11,13H2,1-2H3,(H,20,24). The normalized spacial score (nSPS) is 15.1. The summed E-state index contributed by atoms with van der Waals surface area (Å²) < 4.78 is 43.4. The SMILES string of the molecule is CCOC(=O)N1CCN(S(=O)(=O)c2ccc3c(c2)oc(=O)n3CC(=O)NCCOC)CC1. The fourth-order valence-electron chi connectivity index (χ4n) is 3.32. The van der Waals surface area contributed by atoms with Gasteiger partial charge in [0.2, 0.25) is 15.9 Å². The Morgan fingerprint density at radius 1 is 1.19 bits per heavy atom. The summed E-state index contributed by atoms with van der Waals surface area (Å²) in [5, 5.41) is 2.61.